The second kappa shape index (κ2) is 5.40. The molecule has 1 fully saturated rings. The summed E-state index contributed by atoms with van der Waals surface area (Å²) in [7, 11) is 0. The number of hydrogen-bond acceptors (Lipinski definition) is 4. The van der Waals surface area contributed by atoms with Gasteiger partial charge in [-0.1, -0.05) is 18.2 Å². The standard InChI is InChI=1S/C15H16N4O2/c16-15(21)13-4-2-1-3-10(13)9-19-14(20)7-12(8-17-19)18-11-5-6-11/h1-4,7-8,11,18H,5-6,9H2,(H2,16,21). The Bertz CT molecular complexity index is 734. The predicted molar refractivity (Wildman–Crippen MR) is 79.2 cm³/mol. The summed E-state index contributed by atoms with van der Waals surface area (Å²) in [6.07, 6.45) is 3.90. The highest BCUT2D eigenvalue weighted by Gasteiger charge is 2.21. The molecule has 0 saturated heterocycles. The average molecular weight is 284 g/mol. The normalized spacial score (nSPS) is 13.9. The number of hydrogen-bond donors (Lipinski definition) is 2. The molecular formula is C15H16N4O2. The van der Waals surface area contributed by atoms with Crippen LogP contribution in [-0.4, -0.2) is 21.7 Å². The Balaban J connectivity index is 1.84. The maximum atomic E-state index is 12.1. The largest absolute Gasteiger partial charge is 0.381 e. The summed E-state index contributed by atoms with van der Waals surface area (Å²) >= 11 is 0. The Kier molecular flexibility index (Phi) is 3.43. The van der Waals surface area contributed by atoms with Crippen molar-refractivity contribution in [2.45, 2.75) is 25.4 Å². The Morgan fingerprint density at radius 1 is 1.38 bits per heavy atom. The highest BCUT2D eigenvalue weighted by Crippen LogP contribution is 2.23. The number of nitrogens with two attached hydrogens (primary N) is 1. The first-order valence-electron chi connectivity index (χ1n) is 6.85. The first kappa shape index (κ1) is 13.4. The van der Waals surface area contributed by atoms with Crippen LogP contribution in [0.1, 0.15) is 28.8 Å². The summed E-state index contributed by atoms with van der Waals surface area (Å²) < 4.78 is 1.32. The molecule has 0 bridgehead atoms. The minimum Gasteiger partial charge on any atom is -0.381 e. The van der Waals surface area contributed by atoms with Gasteiger partial charge in [-0.2, -0.15) is 5.10 Å². The molecule has 0 radical (unpaired) electrons. The van der Waals surface area contributed by atoms with E-state index in [0.29, 0.717) is 17.2 Å². The number of carbonyl (C=O) groups excluding carboxylic acids is 1. The molecule has 1 aromatic heterocycles. The van der Waals surface area contributed by atoms with Gasteiger partial charge in [-0.25, -0.2) is 4.68 Å². The van der Waals surface area contributed by atoms with Crippen molar-refractivity contribution >= 4 is 11.6 Å². The number of nitrogens with zero attached hydrogens (tertiary/aromatic N) is 2. The predicted octanol–water partition coefficient (Wildman–Crippen LogP) is 0.965. The van der Waals surface area contributed by atoms with Crippen LogP contribution < -0.4 is 16.6 Å². The average Bonchev–Trinajstić information content (AvgIpc) is 3.26. The van der Waals surface area contributed by atoms with Crippen molar-refractivity contribution in [3.8, 4) is 0 Å². The SMILES string of the molecule is NC(=O)c1ccccc1Cn1ncc(NC2CC2)cc1=O. The van der Waals surface area contributed by atoms with E-state index in [1.54, 1.807) is 30.5 Å². The zero-order valence-electron chi connectivity index (χ0n) is 11.5. The highest BCUT2D eigenvalue weighted by molar-refractivity contribution is 5.94. The van der Waals surface area contributed by atoms with Crippen LogP contribution in [0.3, 0.4) is 0 Å². The van der Waals surface area contributed by atoms with Gasteiger partial charge in [-0.15, -0.1) is 0 Å². The molecule has 0 aliphatic heterocycles. The molecular weight excluding hydrogens is 268 g/mol. The highest BCUT2D eigenvalue weighted by atomic mass is 16.1. The summed E-state index contributed by atoms with van der Waals surface area (Å²) in [6.45, 7) is 0.224. The van der Waals surface area contributed by atoms with Crippen molar-refractivity contribution in [1.29, 1.82) is 0 Å². The fourth-order valence-corrected chi connectivity index (χ4v) is 2.15. The molecule has 6 heteroatoms. The lowest BCUT2D eigenvalue weighted by molar-refractivity contribution is 0.0999. The molecule has 1 aromatic carbocycles. The number of amides is 1. The Morgan fingerprint density at radius 3 is 2.81 bits per heavy atom. The van der Waals surface area contributed by atoms with Gasteiger partial charge in [0.05, 0.1) is 18.4 Å². The lowest BCUT2D eigenvalue weighted by atomic mass is 10.1. The van der Waals surface area contributed by atoms with E-state index in [2.05, 4.69) is 10.4 Å². The quantitative estimate of drug-likeness (QED) is 0.856. The zero-order chi connectivity index (χ0) is 14.8. The Hall–Kier alpha value is -2.63. The third-order valence-electron chi connectivity index (χ3n) is 3.42. The van der Waals surface area contributed by atoms with Crippen molar-refractivity contribution < 1.29 is 4.79 Å². The maximum Gasteiger partial charge on any atom is 0.269 e. The summed E-state index contributed by atoms with van der Waals surface area (Å²) in [4.78, 5) is 23.5. The molecule has 1 aliphatic carbocycles. The van der Waals surface area contributed by atoms with Gasteiger partial charge in [0.1, 0.15) is 0 Å². The minimum absolute atomic E-state index is 0.208. The van der Waals surface area contributed by atoms with Gasteiger partial charge in [-0.3, -0.25) is 9.59 Å². The molecule has 0 atom stereocenters. The second-order valence-corrected chi connectivity index (χ2v) is 5.18. The van der Waals surface area contributed by atoms with E-state index in [0.717, 1.165) is 18.5 Å². The fourth-order valence-electron chi connectivity index (χ4n) is 2.15. The van der Waals surface area contributed by atoms with Gasteiger partial charge < -0.3 is 11.1 Å². The van der Waals surface area contributed by atoms with Crippen molar-refractivity contribution in [3.63, 3.8) is 0 Å². The van der Waals surface area contributed by atoms with Crippen LogP contribution in [0, 0.1) is 0 Å². The van der Waals surface area contributed by atoms with Crippen LogP contribution in [-0.2, 0) is 6.54 Å². The van der Waals surface area contributed by atoms with Gasteiger partial charge in [-0.05, 0) is 24.5 Å². The molecule has 21 heavy (non-hydrogen) atoms. The number of primary amides is 1. The maximum absolute atomic E-state index is 12.1. The van der Waals surface area contributed by atoms with Gasteiger partial charge in [0.25, 0.3) is 5.56 Å². The van der Waals surface area contributed by atoms with E-state index in [1.165, 1.54) is 10.7 Å². The van der Waals surface area contributed by atoms with Crippen LogP contribution in [0.25, 0.3) is 0 Å². The first-order valence-corrected chi connectivity index (χ1v) is 6.85. The summed E-state index contributed by atoms with van der Waals surface area (Å²) in [6, 6.07) is 8.95. The fraction of sp³-hybridized carbons (Fsp3) is 0.267. The molecule has 1 heterocycles. The van der Waals surface area contributed by atoms with Crippen molar-refractivity contribution in [3.05, 3.63) is 58.0 Å². The number of rotatable bonds is 5. The molecule has 0 unspecified atom stereocenters. The topological polar surface area (TPSA) is 90.0 Å². The Morgan fingerprint density at radius 2 is 2.14 bits per heavy atom. The molecule has 1 amide bonds. The van der Waals surface area contributed by atoms with Crippen molar-refractivity contribution in [2.24, 2.45) is 5.73 Å². The third kappa shape index (κ3) is 3.10. The van der Waals surface area contributed by atoms with Crippen LogP contribution >= 0.6 is 0 Å². The van der Waals surface area contributed by atoms with Gasteiger partial charge in [0.15, 0.2) is 0 Å². The van der Waals surface area contributed by atoms with E-state index in [-0.39, 0.29) is 12.1 Å². The monoisotopic (exact) mass is 284 g/mol. The lowest BCUT2D eigenvalue weighted by Crippen LogP contribution is -2.25. The molecule has 3 rings (SSSR count). The van der Waals surface area contributed by atoms with E-state index >= 15 is 0 Å². The van der Waals surface area contributed by atoms with E-state index in [1.807, 2.05) is 0 Å². The third-order valence-corrected chi connectivity index (χ3v) is 3.42. The smallest absolute Gasteiger partial charge is 0.269 e. The number of anilines is 1. The van der Waals surface area contributed by atoms with E-state index in [4.69, 9.17) is 5.73 Å². The zero-order valence-corrected chi connectivity index (χ0v) is 11.5. The van der Waals surface area contributed by atoms with Gasteiger partial charge in [0.2, 0.25) is 5.91 Å². The van der Waals surface area contributed by atoms with Crippen LogP contribution in [0.15, 0.2) is 41.3 Å². The van der Waals surface area contributed by atoms with Gasteiger partial charge in [0, 0.05) is 17.7 Å². The van der Waals surface area contributed by atoms with Gasteiger partial charge >= 0.3 is 0 Å². The van der Waals surface area contributed by atoms with Crippen molar-refractivity contribution in [1.82, 2.24) is 9.78 Å². The number of carbonyl (C=O) groups is 1. The summed E-state index contributed by atoms with van der Waals surface area (Å²) in [5.74, 6) is -0.509. The molecule has 0 spiro atoms. The second-order valence-electron chi connectivity index (χ2n) is 5.18. The molecule has 2 aromatic rings. The Labute approximate surface area is 121 Å². The van der Waals surface area contributed by atoms with E-state index in [9.17, 15) is 9.59 Å². The van der Waals surface area contributed by atoms with Crippen LogP contribution in [0.5, 0.6) is 0 Å². The number of benzene rings is 1. The first-order chi connectivity index (χ1) is 10.1. The molecule has 3 N–H and O–H groups in total. The molecule has 108 valence electrons. The van der Waals surface area contributed by atoms with Crippen LogP contribution in [0.2, 0.25) is 0 Å². The molecule has 6 nitrogen and oxygen atoms in total. The van der Waals surface area contributed by atoms with Crippen LogP contribution in [0.4, 0.5) is 5.69 Å². The molecule has 1 aliphatic rings. The lowest BCUT2D eigenvalue weighted by Gasteiger charge is -2.09. The summed E-state index contributed by atoms with van der Waals surface area (Å²) in [5, 5.41) is 7.37. The van der Waals surface area contributed by atoms with Crippen molar-refractivity contribution in [2.75, 3.05) is 5.32 Å². The van der Waals surface area contributed by atoms with E-state index < -0.39 is 5.91 Å². The minimum atomic E-state index is -0.509. The number of nitrogens with one attached hydrogen (secondary N) is 1. The molecule has 1 saturated carbocycles. The number of aromatic nitrogens is 2. The summed E-state index contributed by atoms with van der Waals surface area (Å²) in [5.41, 5.74) is 6.96.